The fraction of sp³-hybridized carbons (Fsp3) is 0.917. The maximum absolute atomic E-state index is 11.8. The van der Waals surface area contributed by atoms with E-state index in [9.17, 15) is 8.42 Å². The lowest BCUT2D eigenvalue weighted by Gasteiger charge is -2.20. The Morgan fingerprint density at radius 3 is 2.50 bits per heavy atom. The van der Waals surface area contributed by atoms with Crippen LogP contribution < -0.4 is 4.72 Å². The van der Waals surface area contributed by atoms with Crippen molar-refractivity contribution in [2.75, 3.05) is 26.2 Å². The van der Waals surface area contributed by atoms with Crippen molar-refractivity contribution in [3.05, 3.63) is 0 Å². The number of rotatable bonds is 7. The fourth-order valence-corrected chi connectivity index (χ4v) is 3.51. The summed E-state index contributed by atoms with van der Waals surface area (Å²) < 4.78 is 26.1. The van der Waals surface area contributed by atoms with Crippen molar-refractivity contribution < 1.29 is 8.42 Å². The molecular weight excluding hydrogens is 250 g/mol. The zero-order chi connectivity index (χ0) is 13.6. The molecule has 1 fully saturated rings. The van der Waals surface area contributed by atoms with Crippen molar-refractivity contribution in [1.82, 2.24) is 9.62 Å². The van der Waals surface area contributed by atoms with E-state index in [1.165, 1.54) is 12.8 Å². The van der Waals surface area contributed by atoms with Gasteiger partial charge in [-0.15, -0.1) is 0 Å². The summed E-state index contributed by atoms with van der Waals surface area (Å²) in [6.45, 7) is 7.32. The molecule has 0 spiro atoms. The number of hydrogen-bond acceptors (Lipinski definition) is 4. The van der Waals surface area contributed by atoms with Crippen molar-refractivity contribution >= 4 is 10.0 Å². The molecular formula is C12H23N3O2S. The minimum atomic E-state index is -3.48. The van der Waals surface area contributed by atoms with Crippen LogP contribution in [-0.2, 0) is 10.0 Å². The standard InChI is InChI=1S/C12H23N3O2S/c1-3-12(8-13)18(16,17)14-9-11(2)10-15-6-4-5-7-15/h11-12,14H,3-7,9-10H2,1-2H3. The molecule has 0 bridgehead atoms. The Hall–Kier alpha value is -0.640. The quantitative estimate of drug-likeness (QED) is 0.749. The molecule has 0 amide bonds. The van der Waals surface area contributed by atoms with Crippen LogP contribution in [0.15, 0.2) is 0 Å². The number of hydrogen-bond donors (Lipinski definition) is 1. The van der Waals surface area contributed by atoms with Gasteiger partial charge in [-0.05, 0) is 38.3 Å². The number of nitrogens with zero attached hydrogens (tertiary/aromatic N) is 2. The highest BCUT2D eigenvalue weighted by molar-refractivity contribution is 7.90. The molecule has 2 unspecified atom stereocenters. The first-order chi connectivity index (χ1) is 8.49. The van der Waals surface area contributed by atoms with Crippen LogP contribution in [0.5, 0.6) is 0 Å². The molecule has 0 aromatic rings. The van der Waals surface area contributed by atoms with Gasteiger partial charge in [0.1, 0.15) is 0 Å². The van der Waals surface area contributed by atoms with Gasteiger partial charge in [-0.25, -0.2) is 13.1 Å². The maximum atomic E-state index is 11.8. The molecule has 1 N–H and O–H groups in total. The van der Waals surface area contributed by atoms with Crippen molar-refractivity contribution in [3.8, 4) is 6.07 Å². The normalized spacial score (nSPS) is 20.5. The van der Waals surface area contributed by atoms with Crippen molar-refractivity contribution in [2.45, 2.75) is 38.4 Å². The average molecular weight is 273 g/mol. The van der Waals surface area contributed by atoms with Gasteiger partial charge in [-0.1, -0.05) is 13.8 Å². The van der Waals surface area contributed by atoms with E-state index in [2.05, 4.69) is 9.62 Å². The molecule has 1 rings (SSSR count). The van der Waals surface area contributed by atoms with Gasteiger partial charge in [0, 0.05) is 13.1 Å². The first kappa shape index (κ1) is 15.4. The largest absolute Gasteiger partial charge is 0.303 e. The highest BCUT2D eigenvalue weighted by atomic mass is 32.2. The lowest BCUT2D eigenvalue weighted by atomic mass is 10.2. The molecule has 0 radical (unpaired) electrons. The molecule has 5 nitrogen and oxygen atoms in total. The van der Waals surface area contributed by atoms with Gasteiger partial charge in [0.2, 0.25) is 10.0 Å². The number of nitriles is 1. The van der Waals surface area contributed by atoms with Gasteiger partial charge in [0.05, 0.1) is 6.07 Å². The lowest BCUT2D eigenvalue weighted by Crippen LogP contribution is -2.38. The second-order valence-electron chi connectivity index (χ2n) is 5.03. The zero-order valence-electron chi connectivity index (χ0n) is 11.2. The van der Waals surface area contributed by atoms with Gasteiger partial charge >= 0.3 is 0 Å². The Morgan fingerprint density at radius 2 is 2.00 bits per heavy atom. The fourth-order valence-electron chi connectivity index (χ4n) is 2.21. The third kappa shape index (κ3) is 4.56. The summed E-state index contributed by atoms with van der Waals surface area (Å²) in [7, 11) is -3.48. The van der Waals surface area contributed by atoms with Crippen LogP contribution >= 0.6 is 0 Å². The summed E-state index contributed by atoms with van der Waals surface area (Å²) >= 11 is 0. The SMILES string of the molecule is CCC(C#N)S(=O)(=O)NCC(C)CN1CCCC1. The van der Waals surface area contributed by atoms with Gasteiger partial charge in [-0.3, -0.25) is 0 Å². The van der Waals surface area contributed by atoms with Gasteiger partial charge in [0.15, 0.2) is 5.25 Å². The van der Waals surface area contributed by atoms with E-state index < -0.39 is 15.3 Å². The Bertz CT molecular complexity index is 383. The van der Waals surface area contributed by atoms with E-state index in [1.807, 2.05) is 13.0 Å². The molecule has 104 valence electrons. The van der Waals surface area contributed by atoms with E-state index in [0.717, 1.165) is 19.6 Å². The molecule has 1 aliphatic heterocycles. The van der Waals surface area contributed by atoms with E-state index in [4.69, 9.17) is 5.26 Å². The molecule has 0 saturated carbocycles. The first-order valence-electron chi connectivity index (χ1n) is 6.60. The summed E-state index contributed by atoms with van der Waals surface area (Å²) in [5, 5.41) is 7.85. The third-order valence-corrected chi connectivity index (χ3v) is 5.05. The Morgan fingerprint density at radius 1 is 1.39 bits per heavy atom. The molecule has 1 saturated heterocycles. The zero-order valence-corrected chi connectivity index (χ0v) is 12.0. The molecule has 18 heavy (non-hydrogen) atoms. The molecule has 2 atom stereocenters. The van der Waals surface area contributed by atoms with Crippen molar-refractivity contribution in [1.29, 1.82) is 5.26 Å². The summed E-state index contributed by atoms with van der Waals surface area (Å²) in [5.74, 6) is 0.272. The smallest absolute Gasteiger partial charge is 0.227 e. The van der Waals surface area contributed by atoms with E-state index >= 15 is 0 Å². The van der Waals surface area contributed by atoms with Crippen LogP contribution in [-0.4, -0.2) is 44.7 Å². The van der Waals surface area contributed by atoms with Gasteiger partial charge < -0.3 is 4.90 Å². The maximum Gasteiger partial charge on any atom is 0.227 e. The summed E-state index contributed by atoms with van der Waals surface area (Å²) in [5.41, 5.74) is 0. The highest BCUT2D eigenvalue weighted by Gasteiger charge is 2.24. The van der Waals surface area contributed by atoms with Crippen molar-refractivity contribution in [2.24, 2.45) is 5.92 Å². The highest BCUT2D eigenvalue weighted by Crippen LogP contribution is 2.10. The summed E-state index contributed by atoms with van der Waals surface area (Å²) in [4.78, 5) is 2.36. The van der Waals surface area contributed by atoms with E-state index in [1.54, 1.807) is 6.92 Å². The van der Waals surface area contributed by atoms with Crippen LogP contribution in [0.4, 0.5) is 0 Å². The van der Waals surface area contributed by atoms with Crippen LogP contribution in [0, 0.1) is 17.2 Å². The number of likely N-dealkylation sites (tertiary alicyclic amines) is 1. The Kier molecular flexibility index (Phi) is 6.06. The summed E-state index contributed by atoms with van der Waals surface area (Å²) in [6, 6.07) is 1.83. The molecule has 0 aliphatic carbocycles. The second kappa shape index (κ2) is 7.07. The topological polar surface area (TPSA) is 73.2 Å². The summed E-state index contributed by atoms with van der Waals surface area (Å²) in [6.07, 6.45) is 2.81. The van der Waals surface area contributed by atoms with Crippen LogP contribution in [0.1, 0.15) is 33.1 Å². The van der Waals surface area contributed by atoms with Crippen LogP contribution in [0.2, 0.25) is 0 Å². The van der Waals surface area contributed by atoms with E-state index in [-0.39, 0.29) is 5.92 Å². The Balaban J connectivity index is 2.37. The molecule has 0 aromatic carbocycles. The predicted octanol–water partition coefficient (Wildman–Crippen LogP) is 0.940. The average Bonchev–Trinajstić information content (AvgIpc) is 2.80. The number of sulfonamides is 1. The van der Waals surface area contributed by atoms with Gasteiger partial charge in [-0.2, -0.15) is 5.26 Å². The molecule has 1 aliphatic rings. The monoisotopic (exact) mass is 273 g/mol. The van der Waals surface area contributed by atoms with Gasteiger partial charge in [0.25, 0.3) is 0 Å². The number of nitrogens with one attached hydrogen (secondary N) is 1. The van der Waals surface area contributed by atoms with E-state index in [0.29, 0.717) is 13.0 Å². The Labute approximate surface area is 110 Å². The predicted molar refractivity (Wildman–Crippen MR) is 71.5 cm³/mol. The van der Waals surface area contributed by atoms with Crippen LogP contribution in [0.3, 0.4) is 0 Å². The second-order valence-corrected chi connectivity index (χ2v) is 6.98. The molecule has 0 aromatic heterocycles. The first-order valence-corrected chi connectivity index (χ1v) is 8.14. The lowest BCUT2D eigenvalue weighted by molar-refractivity contribution is 0.288. The minimum absolute atomic E-state index is 0.272. The third-order valence-electron chi connectivity index (χ3n) is 3.29. The van der Waals surface area contributed by atoms with Crippen LogP contribution in [0.25, 0.3) is 0 Å². The van der Waals surface area contributed by atoms with Crippen molar-refractivity contribution in [3.63, 3.8) is 0 Å². The minimum Gasteiger partial charge on any atom is -0.303 e. The molecule has 1 heterocycles. The molecule has 6 heteroatoms.